The molecule has 2 rings (SSSR count). The first-order chi connectivity index (χ1) is 12.3. The van der Waals surface area contributed by atoms with Crippen molar-refractivity contribution in [3.63, 3.8) is 0 Å². The Morgan fingerprint density at radius 2 is 1.54 bits per heavy atom. The van der Waals surface area contributed by atoms with Crippen LogP contribution >= 0.6 is 0 Å². The first-order valence-electron chi connectivity index (χ1n) is 9.47. The number of hydrogen-bond acceptors (Lipinski definition) is 2. The van der Waals surface area contributed by atoms with Gasteiger partial charge in [-0.25, -0.2) is 0 Å². The Bertz CT molecular complexity index is 767. The summed E-state index contributed by atoms with van der Waals surface area (Å²) in [6, 6.07) is 12.4. The molecule has 26 heavy (non-hydrogen) atoms. The quantitative estimate of drug-likeness (QED) is 0.729. The number of amides is 1. The van der Waals surface area contributed by atoms with Crippen LogP contribution in [0.4, 0.5) is 0 Å². The molecule has 0 fully saturated rings. The van der Waals surface area contributed by atoms with Gasteiger partial charge in [0.05, 0.1) is 6.04 Å². The van der Waals surface area contributed by atoms with E-state index in [1.807, 2.05) is 26.0 Å². The number of rotatable bonds is 7. The van der Waals surface area contributed by atoms with Gasteiger partial charge in [-0.3, -0.25) is 4.79 Å². The maximum absolute atomic E-state index is 12.8. The lowest BCUT2D eigenvalue weighted by atomic mass is 9.97. The molecule has 3 heteroatoms. The lowest BCUT2D eigenvalue weighted by molar-refractivity contribution is -0.129. The third-order valence-corrected chi connectivity index (χ3v) is 4.79. The highest BCUT2D eigenvalue weighted by Gasteiger charge is 2.23. The molecule has 0 heterocycles. The van der Waals surface area contributed by atoms with Gasteiger partial charge in [0.2, 0.25) is 0 Å². The van der Waals surface area contributed by atoms with E-state index >= 15 is 0 Å². The second-order valence-electron chi connectivity index (χ2n) is 7.11. The van der Waals surface area contributed by atoms with Gasteiger partial charge in [-0.2, -0.15) is 0 Å². The number of benzene rings is 2. The second-order valence-corrected chi connectivity index (χ2v) is 7.11. The molecule has 0 saturated carbocycles. The van der Waals surface area contributed by atoms with Gasteiger partial charge in [0.25, 0.3) is 5.91 Å². The lowest BCUT2D eigenvalue weighted by Gasteiger charge is -2.24. The predicted octanol–water partition coefficient (Wildman–Crippen LogP) is 5.35. The van der Waals surface area contributed by atoms with E-state index in [-0.39, 0.29) is 11.9 Å². The Labute approximate surface area is 157 Å². The Hall–Kier alpha value is -2.29. The minimum Gasteiger partial charge on any atom is -0.480 e. The average Bonchev–Trinajstić information content (AvgIpc) is 2.59. The van der Waals surface area contributed by atoms with Crippen molar-refractivity contribution in [2.45, 2.75) is 66.5 Å². The summed E-state index contributed by atoms with van der Waals surface area (Å²) in [5, 5.41) is 3.18. The molecule has 2 aromatic carbocycles. The van der Waals surface area contributed by atoms with Crippen LogP contribution in [0, 0.1) is 27.7 Å². The minimum atomic E-state index is -0.490. The first-order valence-corrected chi connectivity index (χ1v) is 9.47. The predicted molar refractivity (Wildman–Crippen MR) is 108 cm³/mol. The smallest absolute Gasteiger partial charge is 0.261 e. The van der Waals surface area contributed by atoms with Gasteiger partial charge in [-0.15, -0.1) is 0 Å². The fraction of sp³-hybridized carbons (Fsp3) is 0.435. The molecule has 0 aromatic heterocycles. The summed E-state index contributed by atoms with van der Waals surface area (Å²) >= 11 is 0. The Kier molecular flexibility index (Phi) is 6.84. The van der Waals surface area contributed by atoms with Crippen molar-refractivity contribution in [1.29, 1.82) is 0 Å². The third kappa shape index (κ3) is 4.87. The molecule has 2 aromatic rings. The van der Waals surface area contributed by atoms with E-state index in [1.54, 1.807) is 0 Å². The summed E-state index contributed by atoms with van der Waals surface area (Å²) in [4.78, 5) is 12.8. The molecule has 140 valence electrons. The number of carbonyl (C=O) groups is 1. The van der Waals surface area contributed by atoms with E-state index in [0.717, 1.165) is 17.7 Å². The minimum absolute atomic E-state index is 0.000125. The molecule has 0 aliphatic heterocycles. The molecule has 0 saturated heterocycles. The lowest BCUT2D eigenvalue weighted by Crippen LogP contribution is -2.40. The molecule has 0 aliphatic rings. The summed E-state index contributed by atoms with van der Waals surface area (Å²) in [7, 11) is 0. The molecule has 0 radical (unpaired) electrons. The number of aryl methyl sites for hydroxylation is 4. The SMILES string of the molecule is CC[C@H](NC(=O)[C@@H](CC)Oc1ccc(C)cc1C)c1ccc(C)cc1C. The molecular formula is C23H31NO2. The van der Waals surface area contributed by atoms with Crippen LogP contribution in [0.5, 0.6) is 5.75 Å². The van der Waals surface area contributed by atoms with E-state index in [0.29, 0.717) is 6.42 Å². The van der Waals surface area contributed by atoms with Gasteiger partial charge in [0.1, 0.15) is 5.75 Å². The monoisotopic (exact) mass is 353 g/mol. The van der Waals surface area contributed by atoms with E-state index in [4.69, 9.17) is 4.74 Å². The van der Waals surface area contributed by atoms with Gasteiger partial charge >= 0.3 is 0 Å². The summed E-state index contributed by atoms with van der Waals surface area (Å²) in [6.07, 6.45) is 0.981. The highest BCUT2D eigenvalue weighted by Crippen LogP contribution is 2.24. The van der Waals surface area contributed by atoms with Crippen LogP contribution in [0.2, 0.25) is 0 Å². The molecule has 0 unspecified atom stereocenters. The Balaban J connectivity index is 2.13. The highest BCUT2D eigenvalue weighted by molar-refractivity contribution is 5.81. The van der Waals surface area contributed by atoms with Crippen molar-refractivity contribution in [1.82, 2.24) is 5.32 Å². The molecular weight excluding hydrogens is 322 g/mol. The Morgan fingerprint density at radius 3 is 2.08 bits per heavy atom. The van der Waals surface area contributed by atoms with Gasteiger partial charge in [-0.1, -0.05) is 55.3 Å². The van der Waals surface area contributed by atoms with Crippen LogP contribution < -0.4 is 10.1 Å². The number of carbonyl (C=O) groups excluding carboxylic acids is 1. The van der Waals surface area contributed by atoms with Crippen LogP contribution in [0.3, 0.4) is 0 Å². The van der Waals surface area contributed by atoms with Crippen molar-refractivity contribution in [2.75, 3.05) is 0 Å². The van der Waals surface area contributed by atoms with Gasteiger partial charge in [0.15, 0.2) is 6.10 Å². The fourth-order valence-corrected chi connectivity index (χ4v) is 3.29. The maximum atomic E-state index is 12.8. The topological polar surface area (TPSA) is 38.3 Å². The molecule has 0 spiro atoms. The Morgan fingerprint density at radius 1 is 0.923 bits per heavy atom. The van der Waals surface area contributed by atoms with Gasteiger partial charge < -0.3 is 10.1 Å². The van der Waals surface area contributed by atoms with Crippen molar-refractivity contribution in [2.24, 2.45) is 0 Å². The molecule has 0 bridgehead atoms. The third-order valence-electron chi connectivity index (χ3n) is 4.79. The highest BCUT2D eigenvalue weighted by atomic mass is 16.5. The van der Waals surface area contributed by atoms with Crippen molar-refractivity contribution in [3.05, 3.63) is 64.2 Å². The van der Waals surface area contributed by atoms with Gasteiger partial charge in [0, 0.05) is 0 Å². The van der Waals surface area contributed by atoms with E-state index < -0.39 is 6.10 Å². The van der Waals surface area contributed by atoms with E-state index in [1.165, 1.54) is 22.3 Å². The van der Waals surface area contributed by atoms with Crippen LogP contribution in [0.15, 0.2) is 36.4 Å². The molecule has 1 amide bonds. The molecule has 0 aliphatic carbocycles. The van der Waals surface area contributed by atoms with Crippen molar-refractivity contribution >= 4 is 5.91 Å². The number of hydrogen-bond donors (Lipinski definition) is 1. The zero-order chi connectivity index (χ0) is 19.3. The van der Waals surface area contributed by atoms with Gasteiger partial charge in [-0.05, 0) is 63.3 Å². The van der Waals surface area contributed by atoms with Crippen molar-refractivity contribution in [3.8, 4) is 5.75 Å². The van der Waals surface area contributed by atoms with Crippen molar-refractivity contribution < 1.29 is 9.53 Å². The zero-order valence-electron chi connectivity index (χ0n) is 16.8. The van der Waals surface area contributed by atoms with E-state index in [2.05, 4.69) is 57.3 Å². The van der Waals surface area contributed by atoms with Crippen LogP contribution in [0.1, 0.15) is 60.5 Å². The fourth-order valence-electron chi connectivity index (χ4n) is 3.29. The average molecular weight is 354 g/mol. The standard InChI is InChI=1S/C23H31NO2/c1-7-20(19-11-9-15(3)13-17(19)5)24-23(25)21(8-2)26-22-12-10-16(4)14-18(22)6/h9-14,20-21H,7-8H2,1-6H3,(H,24,25)/t20-,21+/m0/s1. The van der Waals surface area contributed by atoms with Crippen LogP contribution in [0.25, 0.3) is 0 Å². The molecule has 2 atom stereocenters. The number of ether oxygens (including phenoxy) is 1. The molecule has 3 nitrogen and oxygen atoms in total. The van der Waals surface area contributed by atoms with Crippen LogP contribution in [-0.4, -0.2) is 12.0 Å². The normalized spacial score (nSPS) is 13.2. The maximum Gasteiger partial charge on any atom is 0.261 e. The van der Waals surface area contributed by atoms with E-state index in [9.17, 15) is 4.79 Å². The van der Waals surface area contributed by atoms with Crippen LogP contribution in [-0.2, 0) is 4.79 Å². The summed E-state index contributed by atoms with van der Waals surface area (Å²) in [5.74, 6) is 0.719. The number of nitrogens with one attached hydrogen (secondary N) is 1. The zero-order valence-corrected chi connectivity index (χ0v) is 16.8. The summed E-state index contributed by atoms with van der Waals surface area (Å²) in [6.45, 7) is 12.3. The summed E-state index contributed by atoms with van der Waals surface area (Å²) < 4.78 is 6.03. The molecule has 1 N–H and O–H groups in total. The summed E-state index contributed by atoms with van der Waals surface area (Å²) in [5.41, 5.74) is 5.86. The first kappa shape index (κ1) is 20.0. The largest absolute Gasteiger partial charge is 0.480 e. The second kappa shape index (κ2) is 8.88.